The predicted octanol–water partition coefficient (Wildman–Crippen LogP) is 3.30. The Morgan fingerprint density at radius 2 is 1.90 bits per heavy atom. The maximum atomic E-state index is 12.9. The van der Waals surface area contributed by atoms with Crippen LogP contribution in [0.5, 0.6) is 0 Å². The summed E-state index contributed by atoms with van der Waals surface area (Å²) in [6.45, 7) is 9.98. The first-order valence-corrected chi connectivity index (χ1v) is 11.2. The molecule has 6 heteroatoms. The third-order valence-corrected chi connectivity index (χ3v) is 6.44. The Balaban J connectivity index is 1.70. The monoisotopic (exact) mass is 404 g/mol. The molecule has 0 aromatic carbocycles. The molecule has 3 rings (SSSR count). The quantitative estimate of drug-likeness (QED) is 0.755. The molecular formula is C23H36N2O4. The second kappa shape index (κ2) is 9.90. The van der Waals surface area contributed by atoms with Crippen LogP contribution in [-0.2, 0) is 11.2 Å². The molecule has 6 nitrogen and oxygen atoms in total. The number of nitrogens with zero attached hydrogens (tertiary/aromatic N) is 1. The van der Waals surface area contributed by atoms with Crippen LogP contribution in [0.3, 0.4) is 0 Å². The Kier molecular flexibility index (Phi) is 7.52. The minimum atomic E-state index is -0.523. The van der Waals surface area contributed by atoms with Gasteiger partial charge in [-0.3, -0.25) is 9.69 Å². The van der Waals surface area contributed by atoms with E-state index in [0.29, 0.717) is 23.8 Å². The molecule has 1 aliphatic carbocycles. The summed E-state index contributed by atoms with van der Waals surface area (Å²) in [5, 5.41) is 3.08. The molecular weight excluding hydrogens is 368 g/mol. The Morgan fingerprint density at radius 3 is 2.52 bits per heavy atom. The van der Waals surface area contributed by atoms with Crippen molar-refractivity contribution in [1.29, 1.82) is 0 Å². The van der Waals surface area contributed by atoms with Crippen molar-refractivity contribution in [2.75, 3.05) is 32.8 Å². The molecule has 1 aromatic rings. The third-order valence-electron chi connectivity index (χ3n) is 6.44. The minimum Gasteiger partial charge on any atom is -0.427 e. The molecule has 2 fully saturated rings. The fraction of sp³-hybridized carbons (Fsp3) is 0.739. The van der Waals surface area contributed by atoms with Gasteiger partial charge in [-0.15, -0.1) is 0 Å². The molecule has 1 aromatic heterocycles. The van der Waals surface area contributed by atoms with Crippen LogP contribution < -0.4 is 10.9 Å². The highest BCUT2D eigenvalue weighted by Gasteiger charge is 2.39. The molecule has 0 spiro atoms. The van der Waals surface area contributed by atoms with Crippen LogP contribution >= 0.6 is 0 Å². The standard InChI is InChI=1S/C23H36N2O4/c1-17(2)7-8-19-15-18(3)20(22(27)29-19)21(26)24-16-23(9-5-4-6-10-23)25-11-13-28-14-12-25/h15,17H,4-14,16H2,1-3H3,(H,24,26). The summed E-state index contributed by atoms with van der Waals surface area (Å²) in [6.07, 6.45) is 7.44. The molecule has 0 bridgehead atoms. The lowest BCUT2D eigenvalue weighted by molar-refractivity contribution is -0.0361. The number of aryl methyl sites for hydroxylation is 2. The second-order valence-electron chi connectivity index (χ2n) is 9.06. The maximum Gasteiger partial charge on any atom is 0.349 e. The van der Waals surface area contributed by atoms with Crippen LogP contribution in [0.4, 0.5) is 0 Å². The van der Waals surface area contributed by atoms with Gasteiger partial charge in [-0.1, -0.05) is 33.1 Å². The highest BCUT2D eigenvalue weighted by atomic mass is 16.5. The van der Waals surface area contributed by atoms with Crippen molar-refractivity contribution >= 4 is 5.91 Å². The Hall–Kier alpha value is -1.66. The number of morpholine rings is 1. The number of carbonyl (C=O) groups excluding carboxylic acids is 1. The molecule has 1 saturated heterocycles. The van der Waals surface area contributed by atoms with Gasteiger partial charge in [0.1, 0.15) is 11.3 Å². The molecule has 29 heavy (non-hydrogen) atoms. The topological polar surface area (TPSA) is 71.8 Å². The SMILES string of the molecule is Cc1cc(CCC(C)C)oc(=O)c1C(=O)NCC1(N2CCOCC2)CCCCC1. The Bertz CT molecular complexity index is 744. The smallest absolute Gasteiger partial charge is 0.349 e. The summed E-state index contributed by atoms with van der Waals surface area (Å²) in [5.74, 6) is 0.884. The van der Waals surface area contributed by atoms with Crippen molar-refractivity contribution in [3.05, 3.63) is 33.4 Å². The molecule has 1 saturated carbocycles. The van der Waals surface area contributed by atoms with Gasteiger partial charge in [0, 0.05) is 31.6 Å². The van der Waals surface area contributed by atoms with Gasteiger partial charge < -0.3 is 14.5 Å². The number of carbonyl (C=O) groups is 1. The van der Waals surface area contributed by atoms with E-state index in [-0.39, 0.29) is 17.0 Å². The first kappa shape index (κ1) is 22.0. The van der Waals surface area contributed by atoms with Crippen LogP contribution in [-0.4, -0.2) is 49.2 Å². The number of amides is 1. The van der Waals surface area contributed by atoms with Gasteiger partial charge in [0.15, 0.2) is 0 Å². The number of nitrogens with one attached hydrogen (secondary N) is 1. The first-order chi connectivity index (χ1) is 13.9. The summed E-state index contributed by atoms with van der Waals surface area (Å²) >= 11 is 0. The summed E-state index contributed by atoms with van der Waals surface area (Å²) in [4.78, 5) is 27.9. The number of hydrogen-bond acceptors (Lipinski definition) is 5. The van der Waals surface area contributed by atoms with Gasteiger partial charge in [0.2, 0.25) is 0 Å². The predicted molar refractivity (Wildman–Crippen MR) is 113 cm³/mol. The largest absolute Gasteiger partial charge is 0.427 e. The average Bonchev–Trinajstić information content (AvgIpc) is 2.71. The van der Waals surface area contributed by atoms with Crippen molar-refractivity contribution in [1.82, 2.24) is 10.2 Å². The van der Waals surface area contributed by atoms with Gasteiger partial charge in [0.25, 0.3) is 5.91 Å². The summed E-state index contributed by atoms with van der Waals surface area (Å²) in [5.41, 5.74) is 0.293. The van der Waals surface area contributed by atoms with Crippen LogP contribution in [0.2, 0.25) is 0 Å². The van der Waals surface area contributed by atoms with Crippen molar-refractivity contribution in [3.63, 3.8) is 0 Å². The molecule has 1 N–H and O–H groups in total. The molecule has 2 heterocycles. The van der Waals surface area contributed by atoms with Crippen molar-refractivity contribution in [2.45, 2.75) is 71.3 Å². The molecule has 0 radical (unpaired) electrons. The Morgan fingerprint density at radius 1 is 1.21 bits per heavy atom. The number of rotatable bonds is 7. The summed E-state index contributed by atoms with van der Waals surface area (Å²) in [6, 6.07) is 1.84. The van der Waals surface area contributed by atoms with Crippen molar-refractivity contribution in [3.8, 4) is 0 Å². The van der Waals surface area contributed by atoms with E-state index in [2.05, 4.69) is 24.1 Å². The zero-order valence-corrected chi connectivity index (χ0v) is 18.2. The average molecular weight is 405 g/mol. The fourth-order valence-corrected chi connectivity index (χ4v) is 4.69. The van der Waals surface area contributed by atoms with Gasteiger partial charge >= 0.3 is 5.63 Å². The van der Waals surface area contributed by atoms with Gasteiger partial charge in [0.05, 0.1) is 13.2 Å². The zero-order valence-electron chi connectivity index (χ0n) is 18.2. The van der Waals surface area contributed by atoms with Gasteiger partial charge in [-0.25, -0.2) is 4.79 Å². The van der Waals surface area contributed by atoms with E-state index in [4.69, 9.17) is 9.15 Å². The fourth-order valence-electron chi connectivity index (χ4n) is 4.69. The van der Waals surface area contributed by atoms with Gasteiger partial charge in [-0.2, -0.15) is 0 Å². The molecule has 0 unspecified atom stereocenters. The minimum absolute atomic E-state index is 0.0248. The van der Waals surface area contributed by atoms with E-state index in [9.17, 15) is 9.59 Å². The van der Waals surface area contributed by atoms with Crippen LogP contribution in [0.1, 0.15) is 74.1 Å². The number of ether oxygens (including phenoxy) is 1. The van der Waals surface area contributed by atoms with Gasteiger partial charge in [-0.05, 0) is 43.7 Å². The number of hydrogen-bond donors (Lipinski definition) is 1. The van der Waals surface area contributed by atoms with Crippen LogP contribution in [0, 0.1) is 12.8 Å². The van der Waals surface area contributed by atoms with E-state index in [1.54, 1.807) is 0 Å². The van der Waals surface area contributed by atoms with Crippen LogP contribution in [0.25, 0.3) is 0 Å². The highest BCUT2D eigenvalue weighted by Crippen LogP contribution is 2.34. The third kappa shape index (κ3) is 5.48. The zero-order chi connectivity index (χ0) is 20.9. The first-order valence-electron chi connectivity index (χ1n) is 11.2. The molecule has 1 aliphatic heterocycles. The lowest BCUT2D eigenvalue weighted by Gasteiger charge is -2.48. The Labute approximate surface area is 174 Å². The normalized spacial score (nSPS) is 20.0. The molecule has 1 amide bonds. The highest BCUT2D eigenvalue weighted by molar-refractivity contribution is 5.95. The van der Waals surface area contributed by atoms with E-state index < -0.39 is 5.63 Å². The van der Waals surface area contributed by atoms with E-state index in [1.165, 1.54) is 19.3 Å². The molecule has 162 valence electrons. The van der Waals surface area contributed by atoms with E-state index >= 15 is 0 Å². The molecule has 0 atom stereocenters. The summed E-state index contributed by atoms with van der Waals surface area (Å²) < 4.78 is 11.0. The lowest BCUT2D eigenvalue weighted by Crippen LogP contribution is -2.59. The summed E-state index contributed by atoms with van der Waals surface area (Å²) in [7, 11) is 0. The maximum absolute atomic E-state index is 12.9. The molecule has 2 aliphatic rings. The van der Waals surface area contributed by atoms with Crippen molar-refractivity contribution < 1.29 is 13.9 Å². The van der Waals surface area contributed by atoms with E-state index in [1.807, 2.05) is 13.0 Å². The lowest BCUT2D eigenvalue weighted by atomic mass is 9.79. The second-order valence-corrected chi connectivity index (χ2v) is 9.06. The van der Waals surface area contributed by atoms with E-state index in [0.717, 1.165) is 52.0 Å². The van der Waals surface area contributed by atoms with Crippen LogP contribution in [0.15, 0.2) is 15.3 Å². The van der Waals surface area contributed by atoms with Crippen molar-refractivity contribution in [2.24, 2.45) is 5.92 Å².